The van der Waals surface area contributed by atoms with E-state index in [0.717, 1.165) is 28.3 Å². The van der Waals surface area contributed by atoms with Crippen molar-refractivity contribution in [2.24, 2.45) is 0 Å². The van der Waals surface area contributed by atoms with Crippen molar-refractivity contribution in [3.8, 4) is 22.8 Å². The second-order valence-electron chi connectivity index (χ2n) is 6.87. The Morgan fingerprint density at radius 2 is 1.74 bits per heavy atom. The number of aryl methyl sites for hydroxylation is 1. The Bertz CT molecular complexity index is 1200. The molecule has 0 radical (unpaired) electrons. The zero-order valence-corrected chi connectivity index (χ0v) is 17.9. The molecule has 0 fully saturated rings. The standard InChI is InChI=1S/C24H21ClN4O2/c1-3-31-20-14-12-19(13-15-20)29-23(17-8-10-18(25)11-9-17)27-22(28-29)24(30)26-21-7-5-4-6-16(21)2/h4-15H,3H2,1-2H3,(H,26,30). The molecule has 1 aromatic heterocycles. The summed E-state index contributed by atoms with van der Waals surface area (Å²) in [6, 6.07) is 22.3. The van der Waals surface area contributed by atoms with Gasteiger partial charge in [0.2, 0.25) is 5.82 Å². The van der Waals surface area contributed by atoms with Gasteiger partial charge in [-0.05, 0) is 74.0 Å². The Balaban J connectivity index is 1.73. The van der Waals surface area contributed by atoms with Crippen LogP contribution >= 0.6 is 11.6 Å². The van der Waals surface area contributed by atoms with Crippen molar-refractivity contribution in [1.82, 2.24) is 14.8 Å². The molecule has 0 aliphatic rings. The lowest BCUT2D eigenvalue weighted by Gasteiger charge is -2.08. The van der Waals surface area contributed by atoms with Crippen LogP contribution in [0.4, 0.5) is 5.69 Å². The molecule has 4 rings (SSSR count). The third-order valence-corrected chi connectivity index (χ3v) is 4.95. The monoisotopic (exact) mass is 432 g/mol. The molecule has 6 nitrogen and oxygen atoms in total. The molecule has 31 heavy (non-hydrogen) atoms. The number of hydrogen-bond acceptors (Lipinski definition) is 4. The molecule has 0 spiro atoms. The Morgan fingerprint density at radius 1 is 1.03 bits per heavy atom. The number of halogens is 1. The SMILES string of the molecule is CCOc1ccc(-n2nc(C(=O)Nc3ccccc3C)nc2-c2ccc(Cl)cc2)cc1. The fraction of sp³-hybridized carbons (Fsp3) is 0.125. The Hall–Kier alpha value is -3.64. The highest BCUT2D eigenvalue weighted by Crippen LogP contribution is 2.25. The summed E-state index contributed by atoms with van der Waals surface area (Å²) < 4.78 is 7.17. The minimum absolute atomic E-state index is 0.0714. The molecule has 0 aliphatic carbocycles. The molecular weight excluding hydrogens is 412 g/mol. The van der Waals surface area contributed by atoms with Crippen molar-refractivity contribution in [3.63, 3.8) is 0 Å². The molecule has 1 amide bonds. The van der Waals surface area contributed by atoms with E-state index in [4.69, 9.17) is 16.3 Å². The number of carbonyl (C=O) groups is 1. The number of para-hydroxylation sites is 1. The first-order valence-corrected chi connectivity index (χ1v) is 10.3. The average molecular weight is 433 g/mol. The van der Waals surface area contributed by atoms with Crippen LogP contribution in [0.3, 0.4) is 0 Å². The zero-order valence-electron chi connectivity index (χ0n) is 17.2. The quantitative estimate of drug-likeness (QED) is 0.434. The minimum Gasteiger partial charge on any atom is -0.494 e. The van der Waals surface area contributed by atoms with Gasteiger partial charge in [-0.2, -0.15) is 0 Å². The van der Waals surface area contributed by atoms with Gasteiger partial charge in [0.05, 0.1) is 12.3 Å². The normalized spacial score (nSPS) is 10.7. The van der Waals surface area contributed by atoms with E-state index in [1.165, 1.54) is 0 Å². The molecule has 156 valence electrons. The van der Waals surface area contributed by atoms with Gasteiger partial charge in [0.1, 0.15) is 5.75 Å². The number of rotatable bonds is 6. The largest absolute Gasteiger partial charge is 0.494 e. The number of ether oxygens (including phenoxy) is 1. The van der Waals surface area contributed by atoms with E-state index in [1.807, 2.05) is 74.5 Å². The fourth-order valence-corrected chi connectivity index (χ4v) is 3.24. The van der Waals surface area contributed by atoms with Gasteiger partial charge in [-0.1, -0.05) is 29.8 Å². The van der Waals surface area contributed by atoms with Crippen LogP contribution in [0.5, 0.6) is 5.75 Å². The Labute approximate surface area is 185 Å². The lowest BCUT2D eigenvalue weighted by atomic mass is 10.2. The molecule has 0 aliphatic heterocycles. The van der Waals surface area contributed by atoms with E-state index in [1.54, 1.807) is 16.8 Å². The van der Waals surface area contributed by atoms with Crippen LogP contribution in [0.25, 0.3) is 17.1 Å². The van der Waals surface area contributed by atoms with Gasteiger partial charge in [-0.15, -0.1) is 5.10 Å². The number of carbonyl (C=O) groups excluding carboxylic acids is 1. The van der Waals surface area contributed by atoms with Gasteiger partial charge in [0, 0.05) is 16.3 Å². The van der Waals surface area contributed by atoms with Crippen LogP contribution in [-0.2, 0) is 0 Å². The van der Waals surface area contributed by atoms with E-state index in [0.29, 0.717) is 17.5 Å². The van der Waals surface area contributed by atoms with Crippen molar-refractivity contribution in [3.05, 3.63) is 89.2 Å². The number of benzene rings is 3. The molecule has 7 heteroatoms. The number of nitrogens with one attached hydrogen (secondary N) is 1. The summed E-state index contributed by atoms with van der Waals surface area (Å²) in [5.74, 6) is 0.990. The molecule has 0 atom stereocenters. The number of amides is 1. The van der Waals surface area contributed by atoms with Crippen LogP contribution in [0.15, 0.2) is 72.8 Å². The van der Waals surface area contributed by atoms with Gasteiger partial charge >= 0.3 is 0 Å². The molecule has 3 aromatic carbocycles. The second-order valence-corrected chi connectivity index (χ2v) is 7.31. The highest BCUT2D eigenvalue weighted by Gasteiger charge is 2.19. The number of nitrogens with zero attached hydrogens (tertiary/aromatic N) is 3. The molecule has 1 N–H and O–H groups in total. The molecule has 4 aromatic rings. The summed E-state index contributed by atoms with van der Waals surface area (Å²) in [6.45, 7) is 4.45. The topological polar surface area (TPSA) is 69.0 Å². The molecule has 0 saturated heterocycles. The lowest BCUT2D eigenvalue weighted by Crippen LogP contribution is -2.15. The first-order chi connectivity index (χ1) is 15.0. The third-order valence-electron chi connectivity index (χ3n) is 4.70. The maximum atomic E-state index is 12.9. The maximum Gasteiger partial charge on any atom is 0.295 e. The molecule has 1 heterocycles. The van der Waals surface area contributed by atoms with Gasteiger partial charge in [0.25, 0.3) is 5.91 Å². The van der Waals surface area contributed by atoms with Crippen LogP contribution in [0.1, 0.15) is 23.1 Å². The summed E-state index contributed by atoms with van der Waals surface area (Å²) in [5, 5.41) is 8.01. The Kier molecular flexibility index (Phi) is 6.00. The van der Waals surface area contributed by atoms with Crippen LogP contribution in [-0.4, -0.2) is 27.3 Å². The van der Waals surface area contributed by atoms with Crippen LogP contribution in [0, 0.1) is 6.92 Å². The van der Waals surface area contributed by atoms with Crippen molar-refractivity contribution < 1.29 is 9.53 Å². The van der Waals surface area contributed by atoms with Gasteiger partial charge in [0.15, 0.2) is 5.82 Å². The third kappa shape index (κ3) is 4.59. The van der Waals surface area contributed by atoms with E-state index in [9.17, 15) is 4.79 Å². The smallest absolute Gasteiger partial charge is 0.295 e. The minimum atomic E-state index is -0.380. The van der Waals surface area contributed by atoms with E-state index < -0.39 is 0 Å². The maximum absolute atomic E-state index is 12.9. The number of anilines is 1. The summed E-state index contributed by atoms with van der Waals surface area (Å²) in [7, 11) is 0. The van der Waals surface area contributed by atoms with Crippen molar-refractivity contribution >= 4 is 23.2 Å². The van der Waals surface area contributed by atoms with Crippen LogP contribution < -0.4 is 10.1 Å². The van der Waals surface area contributed by atoms with Gasteiger partial charge in [-0.3, -0.25) is 4.79 Å². The number of aromatic nitrogens is 3. The average Bonchev–Trinajstić information content (AvgIpc) is 3.22. The van der Waals surface area contributed by atoms with Crippen molar-refractivity contribution in [2.75, 3.05) is 11.9 Å². The van der Waals surface area contributed by atoms with Crippen molar-refractivity contribution in [1.29, 1.82) is 0 Å². The highest BCUT2D eigenvalue weighted by molar-refractivity contribution is 6.30. The van der Waals surface area contributed by atoms with E-state index in [2.05, 4.69) is 15.4 Å². The lowest BCUT2D eigenvalue weighted by molar-refractivity contribution is 0.101. The first-order valence-electron chi connectivity index (χ1n) is 9.88. The summed E-state index contributed by atoms with van der Waals surface area (Å²) >= 11 is 6.04. The summed E-state index contributed by atoms with van der Waals surface area (Å²) in [6.07, 6.45) is 0. The second kappa shape index (κ2) is 9.02. The predicted molar refractivity (Wildman–Crippen MR) is 122 cm³/mol. The molecule has 0 bridgehead atoms. The van der Waals surface area contributed by atoms with Gasteiger partial charge in [-0.25, -0.2) is 9.67 Å². The molecular formula is C24H21ClN4O2. The fourth-order valence-electron chi connectivity index (χ4n) is 3.12. The van der Waals surface area contributed by atoms with E-state index in [-0.39, 0.29) is 11.7 Å². The van der Waals surface area contributed by atoms with Crippen molar-refractivity contribution in [2.45, 2.75) is 13.8 Å². The van der Waals surface area contributed by atoms with Crippen LogP contribution in [0.2, 0.25) is 5.02 Å². The summed E-state index contributed by atoms with van der Waals surface area (Å²) in [4.78, 5) is 17.4. The first kappa shape index (κ1) is 20.6. The van der Waals surface area contributed by atoms with Gasteiger partial charge < -0.3 is 10.1 Å². The predicted octanol–water partition coefficient (Wildman–Crippen LogP) is 5.55. The number of hydrogen-bond donors (Lipinski definition) is 1. The molecule has 0 unspecified atom stereocenters. The highest BCUT2D eigenvalue weighted by atomic mass is 35.5. The summed E-state index contributed by atoms with van der Waals surface area (Å²) in [5.41, 5.74) is 3.23. The molecule has 0 saturated carbocycles. The van der Waals surface area contributed by atoms with E-state index >= 15 is 0 Å². The Morgan fingerprint density at radius 3 is 2.42 bits per heavy atom. The zero-order chi connectivity index (χ0) is 21.8.